The number of hydrogen-bond donors (Lipinski definition) is 0. The first-order chi connectivity index (χ1) is 7.27. The van der Waals surface area contributed by atoms with Gasteiger partial charge >= 0.3 is 6.18 Å². The zero-order chi connectivity index (χ0) is 14.1. The molecular weight excluding hydrogens is 260 g/mol. The zero-order valence-electron chi connectivity index (χ0n) is 9.15. The normalized spacial score (nSPS) is 18.0. The minimum Gasteiger partial charge on any atom is -0.227 e. The summed E-state index contributed by atoms with van der Waals surface area (Å²) in [6.07, 6.45) is -9.96. The lowest BCUT2D eigenvalue weighted by atomic mass is 9.93. The lowest BCUT2D eigenvalue weighted by Gasteiger charge is -2.32. The van der Waals surface area contributed by atoms with Crippen LogP contribution in [0.25, 0.3) is 0 Å². The maximum absolute atomic E-state index is 12.9. The van der Waals surface area contributed by atoms with E-state index in [1.807, 2.05) is 0 Å². The molecule has 17 heavy (non-hydrogen) atoms. The van der Waals surface area contributed by atoms with Gasteiger partial charge in [0.2, 0.25) is 5.92 Å². The van der Waals surface area contributed by atoms with Gasteiger partial charge in [-0.3, -0.25) is 0 Å². The lowest BCUT2D eigenvalue weighted by molar-refractivity contribution is -0.298. The van der Waals surface area contributed by atoms with Crippen molar-refractivity contribution in [2.24, 2.45) is 0 Å². The Balaban J connectivity index is 4.81. The maximum Gasteiger partial charge on any atom is 0.428 e. The summed E-state index contributed by atoms with van der Waals surface area (Å²) < 4.78 is 100. The van der Waals surface area contributed by atoms with Gasteiger partial charge in [0.25, 0.3) is 11.6 Å². The molecule has 0 heterocycles. The van der Waals surface area contributed by atoms with Crippen LogP contribution in [0.5, 0.6) is 0 Å². The largest absolute Gasteiger partial charge is 0.428 e. The van der Waals surface area contributed by atoms with Crippen LogP contribution in [0.3, 0.4) is 0 Å². The van der Waals surface area contributed by atoms with Crippen LogP contribution >= 0.6 is 0 Å². The summed E-state index contributed by atoms with van der Waals surface area (Å²) in [5.74, 6) is -8.41. The smallest absolute Gasteiger partial charge is 0.227 e. The molecule has 0 aliphatic heterocycles. The van der Waals surface area contributed by atoms with Crippen LogP contribution in [0.2, 0.25) is 0 Å². The van der Waals surface area contributed by atoms with E-state index < -0.39 is 43.0 Å². The summed E-state index contributed by atoms with van der Waals surface area (Å²) in [7, 11) is 0. The van der Waals surface area contributed by atoms with Crippen molar-refractivity contribution in [3.8, 4) is 0 Å². The molecule has 0 saturated carbocycles. The number of alkyl halides is 8. The molecule has 0 N–H and O–H groups in total. The third-order valence-corrected chi connectivity index (χ3v) is 2.54. The lowest BCUT2D eigenvalue weighted by Crippen LogP contribution is -2.53. The number of halogens is 8. The van der Waals surface area contributed by atoms with Crippen LogP contribution < -0.4 is 0 Å². The van der Waals surface area contributed by atoms with Gasteiger partial charge in [0.15, 0.2) is 0 Å². The van der Waals surface area contributed by atoms with Gasteiger partial charge in [-0.05, 0) is 6.92 Å². The Labute approximate surface area is 93.0 Å². The highest BCUT2D eigenvalue weighted by Gasteiger charge is 2.67. The molecule has 0 aromatic rings. The first-order valence-electron chi connectivity index (χ1n) is 4.78. The predicted molar refractivity (Wildman–Crippen MR) is 45.0 cm³/mol. The predicted octanol–water partition coefficient (Wildman–Crippen LogP) is 4.74. The van der Waals surface area contributed by atoms with Crippen molar-refractivity contribution in [1.29, 1.82) is 0 Å². The van der Waals surface area contributed by atoms with Gasteiger partial charge in [0.05, 0.1) is 0 Å². The molecule has 0 bridgehead atoms. The molecule has 0 aromatic heterocycles. The molecule has 0 aliphatic rings. The van der Waals surface area contributed by atoms with Crippen molar-refractivity contribution >= 4 is 0 Å². The number of hydrogen-bond acceptors (Lipinski definition) is 0. The van der Waals surface area contributed by atoms with E-state index in [4.69, 9.17) is 0 Å². The van der Waals surface area contributed by atoms with Gasteiger partial charge in [-0.25, -0.2) is 22.0 Å². The molecule has 0 saturated heterocycles. The van der Waals surface area contributed by atoms with E-state index in [0.717, 1.165) is 6.92 Å². The SMILES string of the molecule is CCC(F)(F)CCC(F)(F)C(C)(F)C(F)(F)F. The minimum atomic E-state index is -5.81. The monoisotopic (exact) mass is 272 g/mol. The van der Waals surface area contributed by atoms with Gasteiger partial charge in [-0.1, -0.05) is 6.92 Å². The van der Waals surface area contributed by atoms with Crippen LogP contribution in [0, 0.1) is 0 Å². The van der Waals surface area contributed by atoms with E-state index in [9.17, 15) is 35.1 Å². The van der Waals surface area contributed by atoms with Crippen LogP contribution in [0.1, 0.15) is 33.1 Å². The van der Waals surface area contributed by atoms with Crippen LogP contribution in [-0.4, -0.2) is 23.7 Å². The molecule has 0 aliphatic carbocycles. The van der Waals surface area contributed by atoms with Gasteiger partial charge in [0, 0.05) is 19.3 Å². The fourth-order valence-electron chi connectivity index (χ4n) is 0.959. The quantitative estimate of drug-likeness (QED) is 0.634. The van der Waals surface area contributed by atoms with E-state index in [2.05, 4.69) is 0 Å². The van der Waals surface area contributed by atoms with Crippen LogP contribution in [-0.2, 0) is 0 Å². The van der Waals surface area contributed by atoms with E-state index in [-0.39, 0.29) is 6.92 Å². The van der Waals surface area contributed by atoms with Gasteiger partial charge in [0.1, 0.15) is 0 Å². The van der Waals surface area contributed by atoms with E-state index >= 15 is 0 Å². The maximum atomic E-state index is 12.9. The summed E-state index contributed by atoms with van der Waals surface area (Å²) >= 11 is 0. The summed E-state index contributed by atoms with van der Waals surface area (Å²) in [4.78, 5) is 0. The molecule has 1 atom stereocenters. The van der Waals surface area contributed by atoms with E-state index in [1.165, 1.54) is 0 Å². The molecule has 0 rings (SSSR count). The first-order valence-corrected chi connectivity index (χ1v) is 4.78. The fraction of sp³-hybridized carbons (Fsp3) is 1.00. The molecule has 8 heteroatoms. The summed E-state index contributed by atoms with van der Waals surface area (Å²) in [6, 6.07) is 0. The third kappa shape index (κ3) is 3.70. The Morgan fingerprint density at radius 1 is 0.765 bits per heavy atom. The second-order valence-electron chi connectivity index (χ2n) is 3.91. The van der Waals surface area contributed by atoms with Crippen LogP contribution in [0.15, 0.2) is 0 Å². The summed E-state index contributed by atoms with van der Waals surface area (Å²) in [6.45, 7) is 0.646. The van der Waals surface area contributed by atoms with E-state index in [0.29, 0.717) is 0 Å². The molecule has 1 unspecified atom stereocenters. The van der Waals surface area contributed by atoms with Crippen molar-refractivity contribution in [2.45, 2.75) is 56.8 Å². The molecule has 0 radical (unpaired) electrons. The van der Waals surface area contributed by atoms with Crippen molar-refractivity contribution in [3.63, 3.8) is 0 Å². The molecule has 0 amide bonds. The Morgan fingerprint density at radius 2 is 1.18 bits per heavy atom. The van der Waals surface area contributed by atoms with Gasteiger partial charge < -0.3 is 0 Å². The Hall–Kier alpha value is -0.560. The second kappa shape index (κ2) is 4.61. The van der Waals surface area contributed by atoms with Crippen molar-refractivity contribution in [2.75, 3.05) is 0 Å². The summed E-state index contributed by atoms with van der Waals surface area (Å²) in [5, 5.41) is 0. The first kappa shape index (κ1) is 16.4. The molecule has 104 valence electrons. The molecular formula is C9H12F8. The second-order valence-corrected chi connectivity index (χ2v) is 3.91. The third-order valence-electron chi connectivity index (χ3n) is 2.54. The molecule has 0 aromatic carbocycles. The minimum absolute atomic E-state index is 0.350. The molecule has 0 nitrogen and oxygen atoms in total. The molecule has 0 spiro atoms. The Morgan fingerprint density at radius 3 is 1.47 bits per heavy atom. The average Bonchev–Trinajstić information content (AvgIpc) is 2.13. The highest BCUT2D eigenvalue weighted by Crippen LogP contribution is 2.48. The highest BCUT2D eigenvalue weighted by atomic mass is 19.4. The Bertz CT molecular complexity index is 252. The Kier molecular flexibility index (Phi) is 4.45. The molecule has 0 fully saturated rings. The fourth-order valence-corrected chi connectivity index (χ4v) is 0.959. The summed E-state index contributed by atoms with van der Waals surface area (Å²) in [5.41, 5.74) is -4.82. The van der Waals surface area contributed by atoms with Gasteiger partial charge in [-0.2, -0.15) is 13.2 Å². The van der Waals surface area contributed by atoms with Crippen LogP contribution in [0.4, 0.5) is 35.1 Å². The van der Waals surface area contributed by atoms with Crippen molar-refractivity contribution in [3.05, 3.63) is 0 Å². The zero-order valence-corrected chi connectivity index (χ0v) is 9.15. The van der Waals surface area contributed by atoms with E-state index in [1.54, 1.807) is 0 Å². The van der Waals surface area contributed by atoms with Gasteiger partial charge in [-0.15, -0.1) is 0 Å². The number of rotatable bonds is 5. The van der Waals surface area contributed by atoms with Crippen molar-refractivity contribution < 1.29 is 35.1 Å². The topological polar surface area (TPSA) is 0 Å². The standard InChI is InChI=1S/C9H12F8/c1-3-7(11,12)4-5-8(13,14)6(2,10)9(15,16)17/h3-5H2,1-2H3. The highest BCUT2D eigenvalue weighted by molar-refractivity contribution is 4.96. The average molecular weight is 272 g/mol. The van der Waals surface area contributed by atoms with Crippen molar-refractivity contribution in [1.82, 2.24) is 0 Å².